The number of aliphatic carboxylic acids is 1. The molecule has 2 aromatic rings. The number of ether oxygens (including phenoxy) is 1. The molecule has 174 valence electrons. The molecule has 2 amide bonds. The Morgan fingerprint density at radius 1 is 1.03 bits per heavy atom. The van der Waals surface area contributed by atoms with E-state index in [2.05, 4.69) is 34.9 Å². The lowest BCUT2D eigenvalue weighted by Gasteiger charge is -2.17. The van der Waals surface area contributed by atoms with Crippen molar-refractivity contribution in [3.8, 4) is 11.1 Å². The molecule has 3 N–H and O–H groups in total. The number of carbonyl (C=O) groups is 3. The SMILES string of the molecule is CC[C@@H](NC(=O)C[C@@H]1CC[C@H](NC(=O)OCC2c3ccccc3-c3ccccc32)C1)C(=O)O. The highest BCUT2D eigenvalue weighted by Gasteiger charge is 2.31. The maximum absolute atomic E-state index is 12.5. The summed E-state index contributed by atoms with van der Waals surface area (Å²) < 4.78 is 5.62. The molecule has 1 fully saturated rings. The molecular formula is C26H30N2O5. The van der Waals surface area contributed by atoms with Crippen LogP contribution in [-0.4, -0.2) is 41.8 Å². The van der Waals surface area contributed by atoms with E-state index in [1.54, 1.807) is 6.92 Å². The number of benzene rings is 2. The first kappa shape index (κ1) is 22.8. The van der Waals surface area contributed by atoms with Gasteiger partial charge in [-0.1, -0.05) is 55.5 Å². The monoisotopic (exact) mass is 450 g/mol. The lowest BCUT2D eigenvalue weighted by atomic mass is 9.98. The van der Waals surface area contributed by atoms with Gasteiger partial charge in [0.2, 0.25) is 5.91 Å². The fraction of sp³-hybridized carbons (Fsp3) is 0.423. The highest BCUT2D eigenvalue weighted by molar-refractivity contribution is 5.83. The molecule has 7 heteroatoms. The Morgan fingerprint density at radius 2 is 1.67 bits per heavy atom. The summed E-state index contributed by atoms with van der Waals surface area (Å²) in [7, 11) is 0. The van der Waals surface area contributed by atoms with Crippen LogP contribution in [0.15, 0.2) is 48.5 Å². The van der Waals surface area contributed by atoms with Gasteiger partial charge in [-0.15, -0.1) is 0 Å². The van der Waals surface area contributed by atoms with Crippen molar-refractivity contribution >= 4 is 18.0 Å². The van der Waals surface area contributed by atoms with Crippen LogP contribution in [0.2, 0.25) is 0 Å². The predicted octanol–water partition coefficient (Wildman–Crippen LogP) is 4.06. The molecule has 0 bridgehead atoms. The summed E-state index contributed by atoms with van der Waals surface area (Å²) >= 11 is 0. The van der Waals surface area contributed by atoms with Crippen molar-refractivity contribution in [1.29, 1.82) is 0 Å². The van der Waals surface area contributed by atoms with Gasteiger partial charge in [0, 0.05) is 18.4 Å². The number of hydrogen-bond acceptors (Lipinski definition) is 4. The molecule has 33 heavy (non-hydrogen) atoms. The zero-order chi connectivity index (χ0) is 23.4. The third kappa shape index (κ3) is 5.18. The summed E-state index contributed by atoms with van der Waals surface area (Å²) in [5.74, 6) is -1.14. The summed E-state index contributed by atoms with van der Waals surface area (Å²) in [4.78, 5) is 35.7. The Hall–Kier alpha value is -3.35. The van der Waals surface area contributed by atoms with Gasteiger partial charge < -0.3 is 20.5 Å². The minimum absolute atomic E-state index is 0.0175. The quantitative estimate of drug-likeness (QED) is 0.563. The molecule has 0 heterocycles. The number of hydrogen-bond donors (Lipinski definition) is 3. The number of rotatable bonds is 8. The Balaban J connectivity index is 1.26. The van der Waals surface area contributed by atoms with E-state index in [-0.39, 0.29) is 36.8 Å². The van der Waals surface area contributed by atoms with E-state index >= 15 is 0 Å². The average molecular weight is 451 g/mol. The zero-order valence-corrected chi connectivity index (χ0v) is 18.8. The Morgan fingerprint density at radius 3 is 2.27 bits per heavy atom. The van der Waals surface area contributed by atoms with Crippen molar-refractivity contribution in [2.24, 2.45) is 5.92 Å². The van der Waals surface area contributed by atoms with E-state index in [1.807, 2.05) is 24.3 Å². The van der Waals surface area contributed by atoms with E-state index in [1.165, 1.54) is 22.3 Å². The summed E-state index contributed by atoms with van der Waals surface area (Å²) in [5.41, 5.74) is 4.72. The van der Waals surface area contributed by atoms with Gasteiger partial charge in [-0.2, -0.15) is 0 Å². The Bertz CT molecular complexity index is 991. The fourth-order valence-corrected chi connectivity index (χ4v) is 5.05. The topological polar surface area (TPSA) is 105 Å². The van der Waals surface area contributed by atoms with Crippen LogP contribution in [0.25, 0.3) is 11.1 Å². The fourth-order valence-electron chi connectivity index (χ4n) is 5.05. The minimum Gasteiger partial charge on any atom is -0.480 e. The van der Waals surface area contributed by atoms with Crippen LogP contribution in [0, 0.1) is 5.92 Å². The largest absolute Gasteiger partial charge is 0.480 e. The summed E-state index contributed by atoms with van der Waals surface area (Å²) in [6.45, 7) is 2.00. The van der Waals surface area contributed by atoms with Crippen molar-refractivity contribution in [3.05, 3.63) is 59.7 Å². The van der Waals surface area contributed by atoms with Crippen molar-refractivity contribution in [1.82, 2.24) is 10.6 Å². The van der Waals surface area contributed by atoms with E-state index in [9.17, 15) is 14.4 Å². The molecule has 3 atom stereocenters. The normalized spacial score (nSPS) is 19.9. The molecule has 0 spiro atoms. The molecule has 0 unspecified atom stereocenters. The highest BCUT2D eigenvalue weighted by atomic mass is 16.5. The molecule has 4 rings (SSSR count). The standard InChI is InChI=1S/C26H30N2O5/c1-2-23(25(30)31)28-24(29)14-16-11-12-17(13-16)27-26(32)33-15-22-20-9-5-3-7-18(20)19-8-4-6-10-21(19)22/h3-10,16-17,22-23H,2,11-15H2,1H3,(H,27,32)(H,28,29)(H,30,31)/t16-,17+,23-/m1/s1. The van der Waals surface area contributed by atoms with E-state index in [0.29, 0.717) is 12.8 Å². The first-order valence-electron chi connectivity index (χ1n) is 11.6. The van der Waals surface area contributed by atoms with Crippen molar-refractivity contribution in [2.45, 2.75) is 57.0 Å². The predicted molar refractivity (Wildman–Crippen MR) is 124 cm³/mol. The van der Waals surface area contributed by atoms with Gasteiger partial charge in [-0.25, -0.2) is 9.59 Å². The zero-order valence-electron chi connectivity index (χ0n) is 18.8. The molecule has 0 aromatic heterocycles. The van der Waals surface area contributed by atoms with Crippen LogP contribution in [0.3, 0.4) is 0 Å². The first-order chi connectivity index (χ1) is 16.0. The highest BCUT2D eigenvalue weighted by Crippen LogP contribution is 2.44. The van der Waals surface area contributed by atoms with Gasteiger partial charge in [0.15, 0.2) is 0 Å². The van der Waals surface area contributed by atoms with Gasteiger partial charge >= 0.3 is 12.1 Å². The second-order valence-corrected chi connectivity index (χ2v) is 8.92. The van der Waals surface area contributed by atoms with Gasteiger partial charge in [-0.3, -0.25) is 4.79 Å². The van der Waals surface area contributed by atoms with E-state index in [0.717, 1.165) is 12.8 Å². The number of nitrogens with one attached hydrogen (secondary N) is 2. The van der Waals surface area contributed by atoms with Crippen LogP contribution in [0.4, 0.5) is 4.79 Å². The molecule has 0 aliphatic heterocycles. The van der Waals surface area contributed by atoms with Gasteiger partial charge in [0.05, 0.1) is 0 Å². The second kappa shape index (κ2) is 10.1. The van der Waals surface area contributed by atoms with Crippen molar-refractivity contribution < 1.29 is 24.2 Å². The van der Waals surface area contributed by atoms with Crippen LogP contribution in [0.1, 0.15) is 56.1 Å². The van der Waals surface area contributed by atoms with Crippen LogP contribution >= 0.6 is 0 Å². The molecule has 1 saturated carbocycles. The minimum atomic E-state index is -1.02. The summed E-state index contributed by atoms with van der Waals surface area (Å²) in [6, 6.07) is 15.5. The van der Waals surface area contributed by atoms with Crippen molar-refractivity contribution in [3.63, 3.8) is 0 Å². The van der Waals surface area contributed by atoms with Gasteiger partial charge in [0.25, 0.3) is 0 Å². The third-order valence-electron chi connectivity index (χ3n) is 6.72. The number of alkyl carbamates (subject to hydrolysis) is 1. The number of carboxylic acid groups (broad SMARTS) is 1. The lowest BCUT2D eigenvalue weighted by molar-refractivity contribution is -0.142. The van der Waals surface area contributed by atoms with Crippen LogP contribution in [0.5, 0.6) is 0 Å². The third-order valence-corrected chi connectivity index (χ3v) is 6.72. The second-order valence-electron chi connectivity index (χ2n) is 8.92. The van der Waals surface area contributed by atoms with Gasteiger partial charge in [-0.05, 0) is 53.9 Å². The number of fused-ring (bicyclic) bond motifs is 3. The molecular weight excluding hydrogens is 420 g/mol. The maximum Gasteiger partial charge on any atom is 0.407 e. The maximum atomic E-state index is 12.5. The average Bonchev–Trinajstić information content (AvgIpc) is 3.37. The molecule has 2 aliphatic rings. The first-order valence-corrected chi connectivity index (χ1v) is 11.6. The van der Waals surface area contributed by atoms with Gasteiger partial charge in [0.1, 0.15) is 12.6 Å². The van der Waals surface area contributed by atoms with E-state index < -0.39 is 18.1 Å². The van der Waals surface area contributed by atoms with Crippen molar-refractivity contribution in [2.75, 3.05) is 6.61 Å². The smallest absolute Gasteiger partial charge is 0.407 e. The number of amides is 2. The number of carboxylic acids is 1. The molecule has 0 saturated heterocycles. The molecule has 7 nitrogen and oxygen atoms in total. The molecule has 2 aliphatic carbocycles. The van der Waals surface area contributed by atoms with Crippen LogP contribution in [-0.2, 0) is 14.3 Å². The molecule has 2 aromatic carbocycles. The lowest BCUT2D eigenvalue weighted by Crippen LogP contribution is -2.40. The summed E-state index contributed by atoms with van der Waals surface area (Å²) in [6.07, 6.45) is 2.44. The molecule has 0 radical (unpaired) electrons. The number of carbonyl (C=O) groups excluding carboxylic acids is 2. The Labute approximate surface area is 193 Å². The Kier molecular flexibility index (Phi) is 6.96. The summed E-state index contributed by atoms with van der Waals surface area (Å²) in [5, 5.41) is 14.6. The van der Waals surface area contributed by atoms with Crippen LogP contribution < -0.4 is 10.6 Å². The van der Waals surface area contributed by atoms with E-state index in [4.69, 9.17) is 9.84 Å².